The van der Waals surface area contributed by atoms with Gasteiger partial charge in [-0.05, 0) is 22.3 Å². The van der Waals surface area contributed by atoms with Crippen LogP contribution in [0.1, 0.15) is 23.5 Å². The first kappa shape index (κ1) is 21.7. The van der Waals surface area contributed by atoms with Crippen molar-refractivity contribution in [2.45, 2.75) is 18.3 Å². The van der Waals surface area contributed by atoms with Crippen molar-refractivity contribution >= 4 is 18.0 Å². The molecule has 1 saturated heterocycles. The predicted octanol–water partition coefficient (Wildman–Crippen LogP) is 3.09. The molecule has 168 valence electrons. The molecule has 1 aliphatic heterocycles. The summed E-state index contributed by atoms with van der Waals surface area (Å²) in [4.78, 5) is 36.0. The number of nitrogens with one attached hydrogen (secondary N) is 1. The number of nitrogens with zero attached hydrogens (tertiary/aromatic N) is 1. The minimum atomic E-state index is -3.47. The van der Waals surface area contributed by atoms with Gasteiger partial charge >= 0.3 is 12.1 Å². The first-order valence-corrected chi connectivity index (χ1v) is 10.2. The fraction of sp³-hybridized carbons (Fsp3) is 0.348. The Hall–Kier alpha value is -3.49. The van der Waals surface area contributed by atoms with E-state index in [0.717, 1.165) is 27.2 Å². The van der Waals surface area contributed by atoms with Gasteiger partial charge in [-0.2, -0.15) is 0 Å². The van der Waals surface area contributed by atoms with Crippen molar-refractivity contribution in [3.63, 3.8) is 0 Å². The van der Waals surface area contributed by atoms with Crippen LogP contribution in [0.4, 0.5) is 13.6 Å². The molecule has 0 spiro atoms. The van der Waals surface area contributed by atoms with E-state index in [9.17, 15) is 23.2 Å². The van der Waals surface area contributed by atoms with E-state index < -0.39 is 42.9 Å². The van der Waals surface area contributed by atoms with E-state index in [0.29, 0.717) is 0 Å². The van der Waals surface area contributed by atoms with Crippen molar-refractivity contribution < 1.29 is 33.0 Å². The number of fused-ring (bicyclic) bond motifs is 3. The van der Waals surface area contributed by atoms with Crippen LogP contribution in [0.2, 0.25) is 0 Å². The van der Waals surface area contributed by atoms with Crippen molar-refractivity contribution in [1.29, 1.82) is 0 Å². The smallest absolute Gasteiger partial charge is 0.407 e. The van der Waals surface area contributed by atoms with Crippen LogP contribution in [-0.4, -0.2) is 60.1 Å². The molecule has 1 fully saturated rings. The lowest BCUT2D eigenvalue weighted by atomic mass is 9.98. The van der Waals surface area contributed by atoms with Crippen LogP contribution >= 0.6 is 0 Å². The zero-order valence-electron chi connectivity index (χ0n) is 17.1. The highest BCUT2D eigenvalue weighted by atomic mass is 19.3. The second-order valence-electron chi connectivity index (χ2n) is 7.93. The summed E-state index contributed by atoms with van der Waals surface area (Å²) in [5, 5.41) is 11.3. The summed E-state index contributed by atoms with van der Waals surface area (Å²) >= 11 is 0. The van der Waals surface area contributed by atoms with Crippen molar-refractivity contribution in [2.24, 2.45) is 5.92 Å². The van der Waals surface area contributed by atoms with E-state index in [2.05, 4.69) is 5.32 Å². The summed E-state index contributed by atoms with van der Waals surface area (Å²) in [6.07, 6.45) is -0.943. The highest BCUT2D eigenvalue weighted by Crippen LogP contribution is 2.44. The van der Waals surface area contributed by atoms with E-state index in [1.807, 2.05) is 48.5 Å². The maximum Gasteiger partial charge on any atom is 0.407 e. The Kier molecular flexibility index (Phi) is 5.82. The molecule has 0 radical (unpaired) electrons. The molecule has 1 aliphatic carbocycles. The van der Waals surface area contributed by atoms with E-state index in [4.69, 9.17) is 9.84 Å². The molecule has 7 nitrogen and oxygen atoms in total. The lowest BCUT2D eigenvalue weighted by Crippen LogP contribution is -2.35. The van der Waals surface area contributed by atoms with Gasteiger partial charge in [0.05, 0.1) is 6.54 Å². The number of amides is 2. The van der Waals surface area contributed by atoms with E-state index >= 15 is 0 Å². The van der Waals surface area contributed by atoms with Crippen LogP contribution in [0.15, 0.2) is 48.5 Å². The van der Waals surface area contributed by atoms with Gasteiger partial charge in [-0.15, -0.1) is 0 Å². The maximum absolute atomic E-state index is 13.7. The summed E-state index contributed by atoms with van der Waals surface area (Å²) in [7, 11) is 0. The Morgan fingerprint density at radius 1 is 1.06 bits per heavy atom. The second-order valence-corrected chi connectivity index (χ2v) is 7.93. The average Bonchev–Trinajstić information content (AvgIpc) is 3.26. The number of carbonyl (C=O) groups excluding carboxylic acids is 2. The van der Waals surface area contributed by atoms with Gasteiger partial charge in [0.15, 0.2) is 0 Å². The topological polar surface area (TPSA) is 95.9 Å². The molecular weight excluding hydrogens is 422 g/mol. The molecular formula is C23H22F2N2O5. The Morgan fingerprint density at radius 2 is 1.66 bits per heavy atom. The van der Waals surface area contributed by atoms with Gasteiger partial charge in [-0.1, -0.05) is 48.5 Å². The molecule has 0 bridgehead atoms. The Labute approximate surface area is 183 Å². The molecule has 1 heterocycles. The molecule has 2 amide bonds. The van der Waals surface area contributed by atoms with Crippen LogP contribution < -0.4 is 5.32 Å². The highest BCUT2D eigenvalue weighted by molar-refractivity contribution is 5.81. The number of carboxylic acids is 1. The van der Waals surface area contributed by atoms with Crippen LogP contribution in [0.3, 0.4) is 0 Å². The van der Waals surface area contributed by atoms with Crippen LogP contribution in [0.25, 0.3) is 11.1 Å². The number of aliphatic carboxylic acids is 1. The molecule has 9 heteroatoms. The molecule has 32 heavy (non-hydrogen) atoms. The van der Waals surface area contributed by atoms with E-state index in [1.54, 1.807) is 0 Å². The van der Waals surface area contributed by atoms with Crippen LogP contribution in [0, 0.1) is 5.92 Å². The third kappa shape index (κ3) is 4.15. The van der Waals surface area contributed by atoms with Gasteiger partial charge in [-0.3, -0.25) is 9.59 Å². The third-order valence-electron chi connectivity index (χ3n) is 5.92. The quantitative estimate of drug-likeness (QED) is 0.714. The number of alkyl carbamates (subject to hydrolysis) is 1. The second kappa shape index (κ2) is 8.57. The van der Waals surface area contributed by atoms with Gasteiger partial charge in [-0.25, -0.2) is 13.6 Å². The molecule has 0 aromatic heterocycles. The van der Waals surface area contributed by atoms with Gasteiger partial charge in [0.2, 0.25) is 5.91 Å². The number of likely N-dealkylation sites (tertiary alicyclic amines) is 1. The Morgan fingerprint density at radius 3 is 2.22 bits per heavy atom. The lowest BCUT2D eigenvalue weighted by molar-refractivity contribution is -0.151. The van der Waals surface area contributed by atoms with Gasteiger partial charge < -0.3 is 20.1 Å². The molecule has 2 N–H and O–H groups in total. The normalized spacial score (nSPS) is 18.7. The van der Waals surface area contributed by atoms with Gasteiger partial charge in [0.25, 0.3) is 5.92 Å². The number of hydrogen-bond donors (Lipinski definition) is 2. The van der Waals surface area contributed by atoms with Crippen molar-refractivity contribution in [3.8, 4) is 11.1 Å². The maximum atomic E-state index is 13.7. The SMILES string of the molecule is O=C(NCCC(=O)N1CC(C(=O)O)C(F)(F)C1)OCC1c2ccccc2-c2ccccc21. The molecule has 1 atom stereocenters. The number of carbonyl (C=O) groups is 3. The average molecular weight is 444 g/mol. The van der Waals surface area contributed by atoms with Crippen LogP contribution in [-0.2, 0) is 14.3 Å². The summed E-state index contributed by atoms with van der Waals surface area (Å²) < 4.78 is 32.8. The minimum Gasteiger partial charge on any atom is -0.481 e. The van der Waals surface area contributed by atoms with Crippen molar-refractivity contribution in [2.75, 3.05) is 26.2 Å². The number of halogens is 2. The number of benzene rings is 2. The lowest BCUT2D eigenvalue weighted by Gasteiger charge is -2.16. The van der Waals surface area contributed by atoms with Crippen LogP contribution in [0.5, 0.6) is 0 Å². The standard InChI is InChI=1S/C23H22F2N2O5/c24-23(25)13-27(11-19(23)21(29)30)20(28)9-10-26-22(31)32-12-18-16-7-3-1-5-14(16)15-6-2-4-8-17(15)18/h1-8,18-19H,9-13H2,(H,26,31)(H,29,30). The largest absolute Gasteiger partial charge is 0.481 e. The predicted molar refractivity (Wildman–Crippen MR) is 110 cm³/mol. The van der Waals surface area contributed by atoms with Gasteiger partial charge in [0.1, 0.15) is 12.5 Å². The number of rotatable bonds is 6. The highest BCUT2D eigenvalue weighted by Gasteiger charge is 2.53. The molecule has 1 unspecified atom stereocenters. The number of alkyl halides is 2. The summed E-state index contributed by atoms with van der Waals surface area (Å²) in [6.45, 7) is -1.47. The fourth-order valence-corrected chi connectivity index (χ4v) is 4.31. The zero-order chi connectivity index (χ0) is 22.9. The summed E-state index contributed by atoms with van der Waals surface area (Å²) in [5.41, 5.74) is 4.34. The molecule has 2 aliphatic rings. The number of carboxylic acid groups (broad SMARTS) is 1. The number of hydrogen-bond acceptors (Lipinski definition) is 4. The summed E-state index contributed by atoms with van der Waals surface area (Å²) in [6, 6.07) is 15.8. The van der Waals surface area contributed by atoms with E-state index in [1.165, 1.54) is 0 Å². The van der Waals surface area contributed by atoms with Crippen molar-refractivity contribution in [1.82, 2.24) is 10.2 Å². The Bertz CT molecular complexity index is 1010. The molecule has 2 aromatic rings. The minimum absolute atomic E-state index is 0.102. The number of ether oxygens (including phenoxy) is 1. The third-order valence-corrected chi connectivity index (χ3v) is 5.92. The zero-order valence-corrected chi connectivity index (χ0v) is 17.1. The van der Waals surface area contributed by atoms with Gasteiger partial charge in [0, 0.05) is 25.4 Å². The first-order valence-electron chi connectivity index (χ1n) is 10.2. The molecule has 4 rings (SSSR count). The monoisotopic (exact) mass is 444 g/mol. The Balaban J connectivity index is 1.27. The molecule has 2 aromatic carbocycles. The first-order chi connectivity index (χ1) is 15.3. The molecule has 0 saturated carbocycles. The fourth-order valence-electron chi connectivity index (χ4n) is 4.31. The van der Waals surface area contributed by atoms with Crippen molar-refractivity contribution in [3.05, 3.63) is 59.7 Å². The summed E-state index contributed by atoms with van der Waals surface area (Å²) in [5.74, 6) is -7.77. The van der Waals surface area contributed by atoms with E-state index in [-0.39, 0.29) is 25.5 Å².